The molecule has 1 heterocycles. The standard InChI is InChI=1S/C14H26N2O2/c1-10-3-6-12(18-10)7-8-13(17)16-14(2,9-15)11-4-5-11/h10-12H,3-9,15H2,1-2H3,(H,16,17). The van der Waals surface area contributed by atoms with Crippen LogP contribution in [0.15, 0.2) is 0 Å². The Hall–Kier alpha value is -0.610. The number of hydrogen-bond donors (Lipinski definition) is 2. The Bertz CT molecular complexity index is 304. The van der Waals surface area contributed by atoms with Gasteiger partial charge in [0.05, 0.1) is 17.7 Å². The Morgan fingerprint density at radius 3 is 2.61 bits per heavy atom. The Morgan fingerprint density at radius 1 is 1.39 bits per heavy atom. The van der Waals surface area contributed by atoms with Crippen LogP contribution in [0.25, 0.3) is 0 Å². The first-order valence-corrected chi connectivity index (χ1v) is 7.20. The first-order chi connectivity index (χ1) is 8.53. The zero-order valence-electron chi connectivity index (χ0n) is 11.6. The van der Waals surface area contributed by atoms with E-state index in [1.54, 1.807) is 0 Å². The lowest BCUT2D eigenvalue weighted by Crippen LogP contribution is -2.53. The van der Waals surface area contributed by atoms with Gasteiger partial charge < -0.3 is 15.8 Å². The van der Waals surface area contributed by atoms with Crippen LogP contribution in [-0.4, -0.2) is 30.2 Å². The molecule has 0 radical (unpaired) electrons. The Balaban J connectivity index is 1.71. The second-order valence-corrected chi connectivity index (χ2v) is 6.13. The number of rotatable bonds is 6. The molecule has 0 aromatic heterocycles. The molecular weight excluding hydrogens is 228 g/mol. The Morgan fingerprint density at radius 2 is 2.11 bits per heavy atom. The molecule has 3 atom stereocenters. The minimum absolute atomic E-state index is 0.123. The van der Waals surface area contributed by atoms with E-state index in [1.165, 1.54) is 12.8 Å². The van der Waals surface area contributed by atoms with Crippen LogP contribution < -0.4 is 11.1 Å². The molecule has 3 N–H and O–H groups in total. The monoisotopic (exact) mass is 254 g/mol. The van der Waals surface area contributed by atoms with Crippen molar-refractivity contribution in [3.8, 4) is 0 Å². The molecule has 18 heavy (non-hydrogen) atoms. The van der Waals surface area contributed by atoms with E-state index in [2.05, 4.69) is 19.2 Å². The van der Waals surface area contributed by atoms with Gasteiger partial charge in [0.25, 0.3) is 0 Å². The van der Waals surface area contributed by atoms with Crippen molar-refractivity contribution in [2.45, 2.75) is 70.1 Å². The van der Waals surface area contributed by atoms with E-state index < -0.39 is 0 Å². The molecule has 4 nitrogen and oxygen atoms in total. The van der Waals surface area contributed by atoms with E-state index in [1.807, 2.05) is 0 Å². The Labute approximate surface area is 110 Å². The van der Waals surface area contributed by atoms with Gasteiger partial charge in [-0.15, -0.1) is 0 Å². The summed E-state index contributed by atoms with van der Waals surface area (Å²) in [5.74, 6) is 0.701. The van der Waals surface area contributed by atoms with Crippen LogP contribution in [0.1, 0.15) is 52.4 Å². The first-order valence-electron chi connectivity index (χ1n) is 7.20. The van der Waals surface area contributed by atoms with Crippen molar-refractivity contribution in [2.24, 2.45) is 11.7 Å². The highest BCUT2D eigenvalue weighted by atomic mass is 16.5. The summed E-state index contributed by atoms with van der Waals surface area (Å²) in [7, 11) is 0. The van der Waals surface area contributed by atoms with E-state index in [4.69, 9.17) is 10.5 Å². The van der Waals surface area contributed by atoms with Gasteiger partial charge in [0.2, 0.25) is 5.91 Å². The van der Waals surface area contributed by atoms with E-state index >= 15 is 0 Å². The third-order valence-corrected chi connectivity index (χ3v) is 4.34. The molecular formula is C14H26N2O2. The summed E-state index contributed by atoms with van der Waals surface area (Å²) < 4.78 is 5.72. The third kappa shape index (κ3) is 3.45. The first kappa shape index (κ1) is 13.8. The van der Waals surface area contributed by atoms with Gasteiger partial charge in [-0.3, -0.25) is 4.79 Å². The van der Waals surface area contributed by atoms with Crippen molar-refractivity contribution in [3.63, 3.8) is 0 Å². The zero-order valence-corrected chi connectivity index (χ0v) is 11.6. The lowest BCUT2D eigenvalue weighted by Gasteiger charge is -2.29. The van der Waals surface area contributed by atoms with Crippen molar-refractivity contribution < 1.29 is 9.53 Å². The van der Waals surface area contributed by atoms with Gasteiger partial charge in [0, 0.05) is 13.0 Å². The normalized spacial score (nSPS) is 31.1. The van der Waals surface area contributed by atoms with Crippen molar-refractivity contribution in [1.29, 1.82) is 0 Å². The van der Waals surface area contributed by atoms with Crippen LogP contribution in [-0.2, 0) is 9.53 Å². The average Bonchev–Trinajstić information content (AvgIpc) is 3.11. The van der Waals surface area contributed by atoms with Crippen LogP contribution in [0.2, 0.25) is 0 Å². The maximum Gasteiger partial charge on any atom is 0.220 e. The number of nitrogens with two attached hydrogens (primary N) is 1. The van der Waals surface area contributed by atoms with E-state index in [0.29, 0.717) is 25.0 Å². The van der Waals surface area contributed by atoms with Gasteiger partial charge in [-0.1, -0.05) is 0 Å². The van der Waals surface area contributed by atoms with Crippen LogP contribution in [0.5, 0.6) is 0 Å². The molecule has 1 amide bonds. The minimum Gasteiger partial charge on any atom is -0.375 e. The molecule has 1 aliphatic carbocycles. The molecule has 2 rings (SSSR count). The maximum atomic E-state index is 12.0. The SMILES string of the molecule is CC1CCC(CCC(=O)NC(C)(CN)C2CC2)O1. The highest BCUT2D eigenvalue weighted by Gasteiger charge is 2.41. The molecule has 1 saturated heterocycles. The molecule has 0 spiro atoms. The van der Waals surface area contributed by atoms with Crippen molar-refractivity contribution >= 4 is 5.91 Å². The van der Waals surface area contributed by atoms with Gasteiger partial charge in [-0.25, -0.2) is 0 Å². The van der Waals surface area contributed by atoms with Crippen molar-refractivity contribution in [2.75, 3.05) is 6.54 Å². The van der Waals surface area contributed by atoms with Crippen LogP contribution >= 0.6 is 0 Å². The smallest absolute Gasteiger partial charge is 0.220 e. The van der Waals surface area contributed by atoms with Gasteiger partial charge in [-0.2, -0.15) is 0 Å². The number of carbonyl (C=O) groups is 1. The number of ether oxygens (including phenoxy) is 1. The Kier molecular flexibility index (Phi) is 4.28. The van der Waals surface area contributed by atoms with E-state index in [0.717, 1.165) is 19.3 Å². The third-order valence-electron chi connectivity index (χ3n) is 4.34. The molecule has 4 heteroatoms. The average molecular weight is 254 g/mol. The molecule has 1 saturated carbocycles. The fourth-order valence-electron chi connectivity index (χ4n) is 2.81. The fraction of sp³-hybridized carbons (Fsp3) is 0.929. The second-order valence-electron chi connectivity index (χ2n) is 6.13. The summed E-state index contributed by atoms with van der Waals surface area (Å²) in [6.45, 7) is 4.69. The summed E-state index contributed by atoms with van der Waals surface area (Å²) in [6.07, 6.45) is 6.62. The van der Waals surface area contributed by atoms with E-state index in [9.17, 15) is 4.79 Å². The van der Waals surface area contributed by atoms with Crippen molar-refractivity contribution in [1.82, 2.24) is 5.32 Å². The summed E-state index contributed by atoms with van der Waals surface area (Å²) in [4.78, 5) is 12.0. The summed E-state index contributed by atoms with van der Waals surface area (Å²) in [6, 6.07) is 0. The van der Waals surface area contributed by atoms with Gasteiger partial charge in [0.1, 0.15) is 0 Å². The topological polar surface area (TPSA) is 64.4 Å². The van der Waals surface area contributed by atoms with E-state index in [-0.39, 0.29) is 17.6 Å². The second kappa shape index (κ2) is 5.57. The number of hydrogen-bond acceptors (Lipinski definition) is 3. The largest absolute Gasteiger partial charge is 0.375 e. The molecule has 104 valence electrons. The highest BCUT2D eigenvalue weighted by Crippen LogP contribution is 2.39. The molecule has 0 bridgehead atoms. The fourth-order valence-corrected chi connectivity index (χ4v) is 2.81. The molecule has 3 unspecified atom stereocenters. The predicted octanol–water partition coefficient (Wildman–Crippen LogP) is 1.58. The molecule has 1 aliphatic heterocycles. The van der Waals surface area contributed by atoms with Crippen LogP contribution in [0.4, 0.5) is 0 Å². The summed E-state index contributed by atoms with van der Waals surface area (Å²) in [5.41, 5.74) is 5.60. The maximum absolute atomic E-state index is 12.0. The highest BCUT2D eigenvalue weighted by molar-refractivity contribution is 5.76. The molecule has 2 aliphatic rings. The number of nitrogens with one attached hydrogen (secondary N) is 1. The predicted molar refractivity (Wildman–Crippen MR) is 71.1 cm³/mol. The van der Waals surface area contributed by atoms with Crippen LogP contribution in [0, 0.1) is 5.92 Å². The van der Waals surface area contributed by atoms with Gasteiger partial charge in [-0.05, 0) is 51.9 Å². The number of amides is 1. The van der Waals surface area contributed by atoms with Crippen molar-refractivity contribution in [3.05, 3.63) is 0 Å². The zero-order chi connectivity index (χ0) is 13.2. The quantitative estimate of drug-likeness (QED) is 0.756. The molecule has 2 fully saturated rings. The minimum atomic E-state index is -0.194. The van der Waals surface area contributed by atoms with Gasteiger partial charge >= 0.3 is 0 Å². The summed E-state index contributed by atoms with van der Waals surface area (Å²) in [5, 5.41) is 3.12. The summed E-state index contributed by atoms with van der Waals surface area (Å²) >= 11 is 0. The van der Waals surface area contributed by atoms with Gasteiger partial charge in [0.15, 0.2) is 0 Å². The lowest BCUT2D eigenvalue weighted by atomic mass is 9.95. The molecule has 0 aromatic carbocycles. The lowest BCUT2D eigenvalue weighted by molar-refractivity contribution is -0.123. The number of carbonyl (C=O) groups excluding carboxylic acids is 1. The molecule has 0 aromatic rings. The van der Waals surface area contributed by atoms with Crippen LogP contribution in [0.3, 0.4) is 0 Å².